The maximum absolute atomic E-state index is 11.0. The van der Waals surface area contributed by atoms with Crippen molar-refractivity contribution >= 4 is 18.1 Å². The Labute approximate surface area is 109 Å². The van der Waals surface area contributed by atoms with Crippen LogP contribution in [0.1, 0.15) is 20.7 Å². The maximum atomic E-state index is 11.0. The van der Waals surface area contributed by atoms with Crippen LogP contribution in [0.15, 0.2) is 36.5 Å². The fourth-order valence-corrected chi connectivity index (χ4v) is 1.77. The molecule has 2 rings (SSSR count). The number of carbonyl (C=O) groups excluding carboxylic acids is 1. The average Bonchev–Trinajstić information content (AvgIpc) is 2.46. The molecule has 1 heterocycles. The fourth-order valence-electron chi connectivity index (χ4n) is 1.77. The minimum absolute atomic E-state index is 0.197. The summed E-state index contributed by atoms with van der Waals surface area (Å²) in [6, 6.07) is 8.17. The van der Waals surface area contributed by atoms with Gasteiger partial charge in [-0.15, -0.1) is 0 Å². The number of hydrogen-bond acceptors (Lipinski definition) is 4. The van der Waals surface area contributed by atoms with E-state index in [1.54, 1.807) is 37.5 Å². The Morgan fingerprint density at radius 1 is 1.32 bits per heavy atom. The third kappa shape index (κ3) is 2.60. The summed E-state index contributed by atoms with van der Waals surface area (Å²) in [6.45, 7) is 0. The molecule has 5 heteroatoms. The Bertz CT molecular complexity index is 638. The van der Waals surface area contributed by atoms with Crippen molar-refractivity contribution in [3.8, 4) is 11.1 Å². The zero-order chi connectivity index (χ0) is 13.8. The smallest absolute Gasteiger partial charge is 0.335 e. The zero-order valence-electron chi connectivity index (χ0n) is 10.3. The highest BCUT2D eigenvalue weighted by Crippen LogP contribution is 2.23. The van der Waals surface area contributed by atoms with Crippen molar-refractivity contribution in [2.45, 2.75) is 0 Å². The van der Waals surface area contributed by atoms with Crippen LogP contribution in [-0.4, -0.2) is 29.4 Å². The van der Waals surface area contributed by atoms with E-state index in [4.69, 9.17) is 5.11 Å². The van der Waals surface area contributed by atoms with E-state index in [1.807, 2.05) is 0 Å². The number of rotatable bonds is 4. The van der Waals surface area contributed by atoms with E-state index >= 15 is 0 Å². The second kappa shape index (κ2) is 5.30. The molecule has 1 aromatic carbocycles. The van der Waals surface area contributed by atoms with Crippen molar-refractivity contribution in [1.29, 1.82) is 0 Å². The van der Waals surface area contributed by atoms with Gasteiger partial charge in [-0.2, -0.15) is 0 Å². The van der Waals surface area contributed by atoms with E-state index in [-0.39, 0.29) is 5.56 Å². The van der Waals surface area contributed by atoms with Crippen molar-refractivity contribution < 1.29 is 14.7 Å². The Hall–Kier alpha value is -2.69. The molecule has 96 valence electrons. The molecule has 0 aliphatic carbocycles. The molecule has 19 heavy (non-hydrogen) atoms. The fraction of sp³-hybridized carbons (Fsp3) is 0.0714. The second-order valence-corrected chi connectivity index (χ2v) is 3.92. The van der Waals surface area contributed by atoms with Gasteiger partial charge in [0.1, 0.15) is 5.82 Å². The van der Waals surface area contributed by atoms with Crippen molar-refractivity contribution in [1.82, 2.24) is 4.98 Å². The van der Waals surface area contributed by atoms with Crippen LogP contribution in [-0.2, 0) is 0 Å². The van der Waals surface area contributed by atoms with Crippen LogP contribution >= 0.6 is 0 Å². The second-order valence-electron chi connectivity index (χ2n) is 3.92. The van der Waals surface area contributed by atoms with Crippen molar-refractivity contribution in [2.24, 2.45) is 0 Å². The van der Waals surface area contributed by atoms with Gasteiger partial charge >= 0.3 is 5.97 Å². The lowest BCUT2D eigenvalue weighted by Gasteiger charge is -2.07. The van der Waals surface area contributed by atoms with Gasteiger partial charge in [0.2, 0.25) is 0 Å². The number of aromatic carboxylic acids is 1. The molecule has 1 aromatic heterocycles. The molecule has 0 saturated heterocycles. The first-order valence-corrected chi connectivity index (χ1v) is 5.62. The monoisotopic (exact) mass is 256 g/mol. The van der Waals surface area contributed by atoms with Gasteiger partial charge < -0.3 is 10.4 Å². The third-order valence-corrected chi connectivity index (χ3v) is 2.72. The topological polar surface area (TPSA) is 79.3 Å². The van der Waals surface area contributed by atoms with Crippen LogP contribution in [0.4, 0.5) is 5.82 Å². The van der Waals surface area contributed by atoms with Crippen LogP contribution in [0.3, 0.4) is 0 Å². The lowest BCUT2D eigenvalue weighted by molar-refractivity contribution is 0.0696. The molecule has 0 aliphatic rings. The van der Waals surface area contributed by atoms with Gasteiger partial charge in [0.15, 0.2) is 6.29 Å². The summed E-state index contributed by atoms with van der Waals surface area (Å²) < 4.78 is 0. The Morgan fingerprint density at radius 2 is 2.11 bits per heavy atom. The molecule has 0 radical (unpaired) electrons. The number of aromatic nitrogens is 1. The molecular formula is C14H12N2O3. The first-order valence-electron chi connectivity index (χ1n) is 5.62. The largest absolute Gasteiger partial charge is 0.478 e. The Balaban J connectivity index is 2.50. The lowest BCUT2D eigenvalue weighted by Crippen LogP contribution is -1.99. The summed E-state index contributed by atoms with van der Waals surface area (Å²) in [5.41, 5.74) is 2.03. The summed E-state index contributed by atoms with van der Waals surface area (Å²) >= 11 is 0. The van der Waals surface area contributed by atoms with Gasteiger partial charge in [0.25, 0.3) is 0 Å². The number of nitrogens with one attached hydrogen (secondary N) is 1. The standard InChI is InChI=1S/C14H12N2O3/c1-15-13-12(8-17)6-11(7-16-13)9-3-2-4-10(5-9)14(18)19/h2-8H,1H3,(H,15,16)(H,18,19). The van der Waals surface area contributed by atoms with Crippen molar-refractivity contribution in [3.05, 3.63) is 47.7 Å². The number of nitrogens with zero attached hydrogens (tertiary/aromatic N) is 1. The minimum Gasteiger partial charge on any atom is -0.478 e. The number of carboxylic acids is 1. The van der Waals surface area contributed by atoms with Crippen molar-refractivity contribution in [3.63, 3.8) is 0 Å². The summed E-state index contributed by atoms with van der Waals surface area (Å²) in [7, 11) is 1.68. The summed E-state index contributed by atoms with van der Waals surface area (Å²) in [5, 5.41) is 11.8. The van der Waals surface area contributed by atoms with Gasteiger partial charge in [-0.05, 0) is 23.8 Å². The number of benzene rings is 1. The van der Waals surface area contributed by atoms with Crippen LogP contribution in [0.2, 0.25) is 0 Å². The highest BCUT2D eigenvalue weighted by atomic mass is 16.4. The van der Waals surface area contributed by atoms with Gasteiger partial charge in [-0.1, -0.05) is 12.1 Å². The van der Waals surface area contributed by atoms with E-state index in [9.17, 15) is 9.59 Å². The number of carbonyl (C=O) groups is 2. The van der Waals surface area contributed by atoms with E-state index in [1.165, 1.54) is 6.07 Å². The minimum atomic E-state index is -0.989. The SMILES string of the molecule is CNc1ncc(-c2cccc(C(=O)O)c2)cc1C=O. The van der Waals surface area contributed by atoms with Gasteiger partial charge in [-0.25, -0.2) is 9.78 Å². The molecule has 0 aliphatic heterocycles. The number of pyridine rings is 1. The van der Waals surface area contributed by atoms with Gasteiger partial charge in [0, 0.05) is 18.8 Å². The van der Waals surface area contributed by atoms with E-state index in [0.29, 0.717) is 28.8 Å². The first kappa shape index (κ1) is 12.8. The zero-order valence-corrected chi connectivity index (χ0v) is 10.3. The molecule has 0 amide bonds. The molecule has 2 aromatic rings. The predicted molar refractivity (Wildman–Crippen MR) is 71.6 cm³/mol. The van der Waals surface area contributed by atoms with E-state index in [2.05, 4.69) is 10.3 Å². The summed E-state index contributed by atoms with van der Waals surface area (Å²) in [5.74, 6) is -0.495. The quantitative estimate of drug-likeness (QED) is 0.820. The van der Waals surface area contributed by atoms with Crippen LogP contribution in [0, 0.1) is 0 Å². The van der Waals surface area contributed by atoms with Gasteiger partial charge in [0.05, 0.1) is 11.1 Å². The van der Waals surface area contributed by atoms with Gasteiger partial charge in [-0.3, -0.25) is 4.79 Å². The number of anilines is 1. The number of hydrogen-bond donors (Lipinski definition) is 2. The molecule has 0 spiro atoms. The van der Waals surface area contributed by atoms with Crippen molar-refractivity contribution in [2.75, 3.05) is 12.4 Å². The normalized spacial score (nSPS) is 9.95. The molecular weight excluding hydrogens is 244 g/mol. The molecule has 0 atom stereocenters. The molecule has 0 bridgehead atoms. The number of carboxylic acid groups (broad SMARTS) is 1. The lowest BCUT2D eigenvalue weighted by atomic mass is 10.0. The van der Waals surface area contributed by atoms with E-state index in [0.717, 1.165) is 0 Å². The average molecular weight is 256 g/mol. The highest BCUT2D eigenvalue weighted by Gasteiger charge is 2.08. The molecule has 0 saturated carbocycles. The third-order valence-electron chi connectivity index (χ3n) is 2.72. The molecule has 0 fully saturated rings. The highest BCUT2D eigenvalue weighted by molar-refractivity contribution is 5.90. The maximum Gasteiger partial charge on any atom is 0.335 e. The molecule has 2 N–H and O–H groups in total. The Morgan fingerprint density at radius 3 is 2.74 bits per heavy atom. The van der Waals surface area contributed by atoms with Crippen LogP contribution in [0.25, 0.3) is 11.1 Å². The van der Waals surface area contributed by atoms with Crippen LogP contribution in [0.5, 0.6) is 0 Å². The first-order chi connectivity index (χ1) is 9.15. The number of aldehydes is 1. The predicted octanol–water partition coefficient (Wildman–Crippen LogP) is 2.30. The molecule has 5 nitrogen and oxygen atoms in total. The van der Waals surface area contributed by atoms with E-state index < -0.39 is 5.97 Å². The van der Waals surface area contributed by atoms with Crippen LogP contribution < -0.4 is 5.32 Å². The molecule has 0 unspecified atom stereocenters. The Kier molecular flexibility index (Phi) is 3.56. The summed E-state index contributed by atoms with van der Waals surface area (Å²) in [4.78, 5) is 26.0. The summed E-state index contributed by atoms with van der Waals surface area (Å²) in [6.07, 6.45) is 2.31.